The molecular formula is C10H22N2O2S. The number of rotatable bonds is 4. The van der Waals surface area contributed by atoms with Crippen molar-refractivity contribution in [3.63, 3.8) is 0 Å². The molecule has 90 valence electrons. The molecule has 0 bridgehead atoms. The molecular weight excluding hydrogens is 212 g/mol. The van der Waals surface area contributed by atoms with Crippen LogP contribution in [0.2, 0.25) is 0 Å². The summed E-state index contributed by atoms with van der Waals surface area (Å²) in [6.45, 7) is 5.28. The lowest BCUT2D eigenvalue weighted by Crippen LogP contribution is -2.43. The van der Waals surface area contributed by atoms with Gasteiger partial charge in [-0.2, -0.15) is 0 Å². The standard InChI is InChI=1S/C10H22N2O2S/c1-9(2)5-8-15(13,14)12-6-3-10(11)4-7-12/h9-10H,3-8,11H2,1-2H3. The van der Waals surface area contributed by atoms with Crippen LogP contribution in [0.5, 0.6) is 0 Å². The first-order chi connectivity index (χ1) is 6.92. The van der Waals surface area contributed by atoms with E-state index in [-0.39, 0.29) is 11.8 Å². The van der Waals surface area contributed by atoms with E-state index in [1.807, 2.05) is 13.8 Å². The molecule has 0 radical (unpaired) electrons. The van der Waals surface area contributed by atoms with Gasteiger partial charge in [0.15, 0.2) is 0 Å². The molecule has 15 heavy (non-hydrogen) atoms. The Balaban J connectivity index is 2.47. The van der Waals surface area contributed by atoms with Gasteiger partial charge in [0.2, 0.25) is 10.0 Å². The van der Waals surface area contributed by atoms with Crippen LogP contribution >= 0.6 is 0 Å². The van der Waals surface area contributed by atoms with Crippen LogP contribution in [-0.4, -0.2) is 37.6 Å². The number of hydrogen-bond acceptors (Lipinski definition) is 3. The van der Waals surface area contributed by atoms with E-state index in [1.54, 1.807) is 4.31 Å². The second-order valence-electron chi connectivity index (χ2n) is 4.74. The van der Waals surface area contributed by atoms with Gasteiger partial charge >= 0.3 is 0 Å². The van der Waals surface area contributed by atoms with Gasteiger partial charge in [0.25, 0.3) is 0 Å². The Labute approximate surface area is 92.9 Å². The fourth-order valence-electron chi connectivity index (χ4n) is 1.67. The first-order valence-corrected chi connectivity index (χ1v) is 7.26. The summed E-state index contributed by atoms with van der Waals surface area (Å²) >= 11 is 0. The number of sulfonamides is 1. The number of nitrogens with two attached hydrogens (primary N) is 1. The number of nitrogens with zero attached hydrogens (tertiary/aromatic N) is 1. The van der Waals surface area contributed by atoms with E-state index in [0.29, 0.717) is 19.0 Å². The summed E-state index contributed by atoms with van der Waals surface area (Å²) in [6, 6.07) is 0.182. The Morgan fingerprint density at radius 2 is 1.87 bits per heavy atom. The maximum atomic E-state index is 11.9. The molecule has 1 aliphatic heterocycles. The average Bonchev–Trinajstić information content (AvgIpc) is 2.16. The maximum absolute atomic E-state index is 11.9. The van der Waals surface area contributed by atoms with Crippen LogP contribution in [0.3, 0.4) is 0 Å². The molecule has 0 aliphatic carbocycles. The molecule has 1 heterocycles. The third-order valence-corrected chi connectivity index (χ3v) is 4.75. The third-order valence-electron chi connectivity index (χ3n) is 2.85. The van der Waals surface area contributed by atoms with Crippen molar-refractivity contribution in [2.75, 3.05) is 18.8 Å². The first kappa shape index (κ1) is 12.9. The lowest BCUT2D eigenvalue weighted by atomic mass is 10.1. The Morgan fingerprint density at radius 3 is 2.33 bits per heavy atom. The van der Waals surface area contributed by atoms with Crippen molar-refractivity contribution < 1.29 is 8.42 Å². The van der Waals surface area contributed by atoms with Crippen molar-refractivity contribution in [3.8, 4) is 0 Å². The Morgan fingerprint density at radius 1 is 1.33 bits per heavy atom. The molecule has 1 fully saturated rings. The molecule has 5 heteroatoms. The lowest BCUT2D eigenvalue weighted by Gasteiger charge is -2.29. The molecule has 0 aromatic heterocycles. The largest absolute Gasteiger partial charge is 0.328 e. The number of piperidine rings is 1. The minimum Gasteiger partial charge on any atom is -0.328 e. The van der Waals surface area contributed by atoms with E-state index in [1.165, 1.54) is 0 Å². The minimum atomic E-state index is -3.02. The van der Waals surface area contributed by atoms with Gasteiger partial charge in [-0.3, -0.25) is 0 Å². The zero-order chi connectivity index (χ0) is 11.5. The van der Waals surface area contributed by atoms with Crippen molar-refractivity contribution in [1.82, 2.24) is 4.31 Å². The second kappa shape index (κ2) is 5.27. The highest BCUT2D eigenvalue weighted by atomic mass is 32.2. The van der Waals surface area contributed by atoms with Gasteiger partial charge in [-0.25, -0.2) is 12.7 Å². The quantitative estimate of drug-likeness (QED) is 0.782. The van der Waals surface area contributed by atoms with Gasteiger partial charge in [0.1, 0.15) is 0 Å². The molecule has 0 spiro atoms. The highest BCUT2D eigenvalue weighted by Gasteiger charge is 2.26. The topological polar surface area (TPSA) is 63.4 Å². The summed E-state index contributed by atoms with van der Waals surface area (Å²) in [5.41, 5.74) is 5.74. The Hall–Kier alpha value is -0.130. The number of hydrogen-bond donors (Lipinski definition) is 1. The third kappa shape index (κ3) is 4.09. The van der Waals surface area contributed by atoms with E-state index in [0.717, 1.165) is 19.3 Å². The van der Waals surface area contributed by atoms with Crippen LogP contribution in [0.25, 0.3) is 0 Å². The van der Waals surface area contributed by atoms with Crippen LogP contribution < -0.4 is 5.73 Å². The molecule has 1 rings (SSSR count). The van der Waals surface area contributed by atoms with Gasteiger partial charge in [-0.15, -0.1) is 0 Å². The predicted octanol–water partition coefficient (Wildman–Crippen LogP) is 0.785. The van der Waals surface area contributed by atoms with Crippen LogP contribution in [0.15, 0.2) is 0 Å². The van der Waals surface area contributed by atoms with E-state index < -0.39 is 10.0 Å². The SMILES string of the molecule is CC(C)CCS(=O)(=O)N1CCC(N)CC1. The fourth-order valence-corrected chi connectivity index (χ4v) is 3.46. The monoisotopic (exact) mass is 234 g/mol. The molecule has 0 amide bonds. The van der Waals surface area contributed by atoms with Gasteiger partial charge < -0.3 is 5.73 Å². The van der Waals surface area contributed by atoms with Crippen molar-refractivity contribution in [1.29, 1.82) is 0 Å². The van der Waals surface area contributed by atoms with E-state index in [9.17, 15) is 8.42 Å². The van der Waals surface area contributed by atoms with Gasteiger partial charge in [-0.1, -0.05) is 13.8 Å². The lowest BCUT2D eigenvalue weighted by molar-refractivity contribution is 0.319. The molecule has 1 saturated heterocycles. The summed E-state index contributed by atoms with van der Waals surface area (Å²) in [7, 11) is -3.02. The molecule has 0 saturated carbocycles. The van der Waals surface area contributed by atoms with Crippen LogP contribution in [-0.2, 0) is 10.0 Å². The second-order valence-corrected chi connectivity index (χ2v) is 6.82. The molecule has 0 aromatic rings. The molecule has 0 unspecified atom stereocenters. The van der Waals surface area contributed by atoms with Crippen LogP contribution in [0.4, 0.5) is 0 Å². The summed E-state index contributed by atoms with van der Waals surface area (Å²) in [4.78, 5) is 0. The Bertz CT molecular complexity index is 280. The smallest absolute Gasteiger partial charge is 0.214 e. The summed E-state index contributed by atoms with van der Waals surface area (Å²) in [5, 5.41) is 0. The molecule has 0 aromatic carbocycles. The summed E-state index contributed by atoms with van der Waals surface area (Å²) in [5.74, 6) is 0.715. The van der Waals surface area contributed by atoms with Crippen molar-refractivity contribution in [3.05, 3.63) is 0 Å². The van der Waals surface area contributed by atoms with Crippen LogP contribution in [0.1, 0.15) is 33.1 Å². The molecule has 0 atom stereocenters. The predicted molar refractivity (Wildman–Crippen MR) is 62.0 cm³/mol. The molecule has 1 aliphatic rings. The van der Waals surface area contributed by atoms with Crippen molar-refractivity contribution >= 4 is 10.0 Å². The zero-order valence-electron chi connectivity index (χ0n) is 9.65. The van der Waals surface area contributed by atoms with Crippen LogP contribution in [0, 0.1) is 5.92 Å². The highest BCUT2D eigenvalue weighted by molar-refractivity contribution is 7.89. The van der Waals surface area contributed by atoms with E-state index in [4.69, 9.17) is 5.73 Å². The summed E-state index contributed by atoms with van der Waals surface area (Å²) in [6.07, 6.45) is 2.33. The van der Waals surface area contributed by atoms with Gasteiger partial charge in [0.05, 0.1) is 5.75 Å². The van der Waals surface area contributed by atoms with E-state index in [2.05, 4.69) is 0 Å². The zero-order valence-corrected chi connectivity index (χ0v) is 10.5. The van der Waals surface area contributed by atoms with Gasteiger partial charge in [0, 0.05) is 19.1 Å². The van der Waals surface area contributed by atoms with Gasteiger partial charge in [-0.05, 0) is 25.2 Å². The summed E-state index contributed by atoms with van der Waals surface area (Å²) < 4.78 is 25.4. The first-order valence-electron chi connectivity index (χ1n) is 5.65. The molecule has 2 N–H and O–H groups in total. The van der Waals surface area contributed by atoms with Crippen molar-refractivity contribution in [2.24, 2.45) is 11.7 Å². The van der Waals surface area contributed by atoms with Crippen molar-refractivity contribution in [2.45, 2.75) is 39.2 Å². The average molecular weight is 234 g/mol. The normalized spacial score (nSPS) is 21.1. The fraction of sp³-hybridized carbons (Fsp3) is 1.00. The minimum absolute atomic E-state index is 0.182. The maximum Gasteiger partial charge on any atom is 0.214 e. The molecule has 4 nitrogen and oxygen atoms in total. The highest BCUT2D eigenvalue weighted by Crippen LogP contribution is 2.15. The Kier molecular flexibility index (Phi) is 4.55. The van der Waals surface area contributed by atoms with E-state index >= 15 is 0 Å².